The van der Waals surface area contributed by atoms with Crippen molar-refractivity contribution in [3.63, 3.8) is 0 Å². The number of anilines is 1. The van der Waals surface area contributed by atoms with Gasteiger partial charge in [-0.25, -0.2) is 0 Å². The monoisotopic (exact) mass is 314 g/mol. The van der Waals surface area contributed by atoms with Crippen LogP contribution in [0.3, 0.4) is 0 Å². The van der Waals surface area contributed by atoms with Gasteiger partial charge in [0.1, 0.15) is 5.71 Å². The number of aryl methyl sites for hydroxylation is 1. The molecule has 0 aliphatic rings. The summed E-state index contributed by atoms with van der Waals surface area (Å²) in [5.74, 6) is -0.110. The summed E-state index contributed by atoms with van der Waals surface area (Å²) in [6.45, 7) is 2.03. The Bertz CT molecular complexity index is 838. The summed E-state index contributed by atoms with van der Waals surface area (Å²) in [7, 11) is 0. The number of nitrogens with one attached hydrogen (secondary N) is 1. The van der Waals surface area contributed by atoms with Crippen molar-refractivity contribution in [3.05, 3.63) is 102 Å². The van der Waals surface area contributed by atoms with Gasteiger partial charge < -0.3 is 0 Å². The van der Waals surface area contributed by atoms with E-state index in [-0.39, 0.29) is 5.78 Å². The topological polar surface area (TPSA) is 41.5 Å². The van der Waals surface area contributed by atoms with Crippen molar-refractivity contribution in [2.45, 2.75) is 6.92 Å². The molecule has 0 heterocycles. The molecule has 3 rings (SSSR count). The van der Waals surface area contributed by atoms with E-state index in [1.54, 1.807) is 12.1 Å². The van der Waals surface area contributed by atoms with Crippen LogP contribution in [0.5, 0.6) is 0 Å². The molecule has 0 atom stereocenters. The molecule has 0 radical (unpaired) electrons. The van der Waals surface area contributed by atoms with Crippen molar-refractivity contribution in [2.75, 3.05) is 5.43 Å². The highest BCUT2D eigenvalue weighted by Gasteiger charge is 2.16. The smallest absolute Gasteiger partial charge is 0.213 e. The van der Waals surface area contributed by atoms with E-state index in [1.165, 1.54) is 5.56 Å². The molecule has 118 valence electrons. The highest BCUT2D eigenvalue weighted by atomic mass is 16.1. The molecular formula is C21H18N2O. The molecule has 3 nitrogen and oxygen atoms in total. The molecule has 0 saturated carbocycles. The standard InChI is InChI=1S/C21H18N2O/c1-16-12-14-19(15-13-16)22-23-20(17-8-4-2-5-9-17)21(24)18-10-6-3-7-11-18/h2-15,22H,1H3/b23-20+. The Morgan fingerprint density at radius 1 is 0.750 bits per heavy atom. The molecule has 0 unspecified atom stereocenters. The van der Waals surface area contributed by atoms with E-state index in [1.807, 2.05) is 79.7 Å². The quantitative estimate of drug-likeness (QED) is 0.421. The van der Waals surface area contributed by atoms with Gasteiger partial charge in [0.2, 0.25) is 5.78 Å². The Morgan fingerprint density at radius 2 is 1.29 bits per heavy atom. The van der Waals surface area contributed by atoms with Crippen LogP contribution < -0.4 is 5.43 Å². The third kappa shape index (κ3) is 3.76. The van der Waals surface area contributed by atoms with Crippen molar-refractivity contribution in [3.8, 4) is 0 Å². The van der Waals surface area contributed by atoms with E-state index in [9.17, 15) is 4.79 Å². The maximum absolute atomic E-state index is 12.8. The summed E-state index contributed by atoms with van der Waals surface area (Å²) in [4.78, 5) is 12.8. The maximum atomic E-state index is 12.8. The molecule has 3 heteroatoms. The van der Waals surface area contributed by atoms with Gasteiger partial charge in [-0.1, -0.05) is 78.4 Å². The van der Waals surface area contributed by atoms with Crippen LogP contribution >= 0.6 is 0 Å². The third-order valence-electron chi connectivity index (χ3n) is 3.65. The van der Waals surface area contributed by atoms with Crippen LogP contribution in [0.4, 0.5) is 5.69 Å². The Kier molecular flexibility index (Phi) is 4.82. The van der Waals surface area contributed by atoms with Crippen molar-refractivity contribution < 1.29 is 4.79 Å². The molecule has 0 aromatic heterocycles. The zero-order valence-electron chi connectivity index (χ0n) is 13.4. The molecule has 0 spiro atoms. The Hall–Kier alpha value is -3.20. The summed E-state index contributed by atoms with van der Waals surface area (Å²) in [6.07, 6.45) is 0. The number of ketones is 1. The number of nitrogens with zero attached hydrogens (tertiary/aromatic N) is 1. The molecule has 0 aliphatic carbocycles. The lowest BCUT2D eigenvalue weighted by Crippen LogP contribution is -2.17. The Morgan fingerprint density at radius 3 is 1.88 bits per heavy atom. The SMILES string of the molecule is Cc1ccc(N/N=C(/C(=O)c2ccccc2)c2ccccc2)cc1. The first-order valence-corrected chi connectivity index (χ1v) is 7.79. The largest absolute Gasteiger partial charge is 0.287 e. The minimum atomic E-state index is -0.110. The van der Waals surface area contributed by atoms with Crippen molar-refractivity contribution in [1.29, 1.82) is 0 Å². The van der Waals surface area contributed by atoms with Gasteiger partial charge in [0.25, 0.3) is 0 Å². The average Bonchev–Trinajstić information content (AvgIpc) is 2.65. The molecule has 0 aliphatic heterocycles. The zero-order chi connectivity index (χ0) is 16.8. The number of rotatable bonds is 5. The first-order chi connectivity index (χ1) is 11.7. The summed E-state index contributed by atoms with van der Waals surface area (Å²) >= 11 is 0. The zero-order valence-corrected chi connectivity index (χ0v) is 13.4. The summed E-state index contributed by atoms with van der Waals surface area (Å²) in [5, 5.41) is 4.39. The van der Waals surface area contributed by atoms with E-state index >= 15 is 0 Å². The van der Waals surface area contributed by atoms with Crippen molar-refractivity contribution >= 4 is 17.2 Å². The lowest BCUT2D eigenvalue weighted by atomic mass is 10.0. The number of hydrogen-bond donors (Lipinski definition) is 1. The van der Waals surface area contributed by atoms with Gasteiger partial charge in [-0.2, -0.15) is 5.10 Å². The molecule has 1 N–H and O–H groups in total. The van der Waals surface area contributed by atoms with Crippen molar-refractivity contribution in [1.82, 2.24) is 0 Å². The average molecular weight is 314 g/mol. The predicted molar refractivity (Wildman–Crippen MR) is 98.6 cm³/mol. The van der Waals surface area contributed by atoms with Gasteiger partial charge in [0.05, 0.1) is 5.69 Å². The number of carbonyl (C=O) groups excluding carboxylic acids is 1. The fraction of sp³-hybridized carbons (Fsp3) is 0.0476. The van der Waals surface area contributed by atoms with Crippen LogP contribution in [-0.2, 0) is 0 Å². The molecule has 0 bridgehead atoms. The van der Waals surface area contributed by atoms with E-state index in [0.717, 1.165) is 11.3 Å². The summed E-state index contributed by atoms with van der Waals surface area (Å²) in [6, 6.07) is 26.5. The van der Waals surface area contributed by atoms with Gasteiger partial charge in [-0.3, -0.25) is 10.2 Å². The normalized spacial score (nSPS) is 11.1. The van der Waals surface area contributed by atoms with Crippen LogP contribution in [-0.4, -0.2) is 11.5 Å². The van der Waals surface area contributed by atoms with E-state index < -0.39 is 0 Å². The van der Waals surface area contributed by atoms with E-state index in [2.05, 4.69) is 10.5 Å². The van der Waals surface area contributed by atoms with Crippen LogP contribution in [0.15, 0.2) is 90.0 Å². The highest BCUT2D eigenvalue weighted by Crippen LogP contribution is 2.12. The van der Waals surface area contributed by atoms with Gasteiger partial charge in [-0.05, 0) is 19.1 Å². The fourth-order valence-electron chi connectivity index (χ4n) is 2.32. The lowest BCUT2D eigenvalue weighted by Gasteiger charge is -2.08. The molecule has 24 heavy (non-hydrogen) atoms. The van der Waals surface area contributed by atoms with Crippen LogP contribution in [0.25, 0.3) is 0 Å². The second kappa shape index (κ2) is 7.38. The van der Waals surface area contributed by atoms with Crippen LogP contribution in [0, 0.1) is 6.92 Å². The molecule has 3 aromatic carbocycles. The number of hydrogen-bond acceptors (Lipinski definition) is 3. The highest BCUT2D eigenvalue weighted by molar-refractivity contribution is 6.51. The van der Waals surface area contributed by atoms with Crippen LogP contribution in [0.2, 0.25) is 0 Å². The third-order valence-corrected chi connectivity index (χ3v) is 3.65. The Balaban J connectivity index is 1.94. The van der Waals surface area contributed by atoms with E-state index in [0.29, 0.717) is 11.3 Å². The lowest BCUT2D eigenvalue weighted by molar-refractivity contribution is 0.106. The minimum absolute atomic E-state index is 0.110. The second-order valence-electron chi connectivity index (χ2n) is 5.50. The fourth-order valence-corrected chi connectivity index (χ4v) is 2.32. The maximum Gasteiger partial charge on any atom is 0.213 e. The van der Waals surface area contributed by atoms with Gasteiger partial charge >= 0.3 is 0 Å². The molecule has 3 aromatic rings. The first-order valence-electron chi connectivity index (χ1n) is 7.79. The predicted octanol–water partition coefficient (Wildman–Crippen LogP) is 4.69. The molecular weight excluding hydrogens is 296 g/mol. The number of hydrazone groups is 1. The first kappa shape index (κ1) is 15.7. The van der Waals surface area contributed by atoms with Gasteiger partial charge in [0.15, 0.2) is 0 Å². The summed E-state index contributed by atoms with van der Waals surface area (Å²) < 4.78 is 0. The molecule has 0 amide bonds. The molecule has 0 saturated heterocycles. The Labute approximate surface area is 141 Å². The van der Waals surface area contributed by atoms with Gasteiger partial charge in [0, 0.05) is 11.1 Å². The minimum Gasteiger partial charge on any atom is -0.287 e. The number of carbonyl (C=O) groups is 1. The number of benzene rings is 3. The second-order valence-corrected chi connectivity index (χ2v) is 5.50. The van der Waals surface area contributed by atoms with E-state index in [4.69, 9.17) is 0 Å². The van der Waals surface area contributed by atoms with Crippen molar-refractivity contribution in [2.24, 2.45) is 5.10 Å². The molecule has 0 fully saturated rings. The summed E-state index contributed by atoms with van der Waals surface area (Å²) in [5.41, 5.74) is 6.80. The number of Topliss-reactive ketones (excluding diaryl/α,β-unsaturated/α-hetero) is 1. The van der Waals surface area contributed by atoms with Crippen LogP contribution in [0.1, 0.15) is 21.5 Å². The van der Waals surface area contributed by atoms with Gasteiger partial charge in [-0.15, -0.1) is 0 Å².